The number of benzene rings is 1. The molecule has 1 aromatic carbocycles. The molecule has 1 heterocycles. The molecular formula is C14H17ClN2O3. The summed E-state index contributed by atoms with van der Waals surface area (Å²) in [6.07, 6.45) is 4.56. The monoisotopic (exact) mass is 296 g/mol. The van der Waals surface area contributed by atoms with E-state index >= 15 is 0 Å². The van der Waals surface area contributed by atoms with Crippen LogP contribution in [0.3, 0.4) is 0 Å². The van der Waals surface area contributed by atoms with E-state index in [2.05, 4.69) is 5.32 Å². The second-order valence-electron chi connectivity index (χ2n) is 5.29. The lowest BCUT2D eigenvalue weighted by molar-refractivity contribution is 0.0698. The molecule has 1 saturated carbocycles. The topological polar surface area (TPSA) is 61.8 Å². The van der Waals surface area contributed by atoms with E-state index in [0.717, 1.165) is 12.8 Å². The van der Waals surface area contributed by atoms with Crippen molar-refractivity contribution in [2.24, 2.45) is 5.92 Å². The predicted octanol–water partition coefficient (Wildman–Crippen LogP) is 3.30. The minimum atomic E-state index is -0.964. The minimum Gasteiger partial charge on any atom is -0.494 e. The number of methoxy groups -OCH3 is 1. The van der Waals surface area contributed by atoms with E-state index in [1.54, 1.807) is 23.7 Å². The summed E-state index contributed by atoms with van der Waals surface area (Å²) in [5.41, 5.74) is 1.42. The standard InChI is InChI=1S/C14H17ClN2O3/c1-20-10-7-6-9(14(18)19)11-12(10)17(15)13(16-11)8-4-2-3-5-8/h6-8,13,16H,2-5H2,1H3,(H,18,19). The van der Waals surface area contributed by atoms with Gasteiger partial charge < -0.3 is 15.2 Å². The van der Waals surface area contributed by atoms with Gasteiger partial charge in [-0.05, 0) is 30.9 Å². The Labute approximate surface area is 122 Å². The zero-order chi connectivity index (χ0) is 14.3. The Kier molecular flexibility index (Phi) is 3.38. The van der Waals surface area contributed by atoms with Crippen LogP contribution in [0.25, 0.3) is 0 Å². The third kappa shape index (κ3) is 1.97. The lowest BCUT2D eigenvalue weighted by atomic mass is 10.1. The number of aromatic carboxylic acids is 1. The molecule has 1 aliphatic carbocycles. The number of anilines is 2. The Hall–Kier alpha value is -1.62. The quantitative estimate of drug-likeness (QED) is 0.838. The molecule has 0 amide bonds. The second kappa shape index (κ2) is 5.05. The number of nitrogens with zero attached hydrogens (tertiary/aromatic N) is 1. The third-order valence-electron chi connectivity index (χ3n) is 4.19. The van der Waals surface area contributed by atoms with Gasteiger partial charge in [-0.3, -0.25) is 4.42 Å². The molecular weight excluding hydrogens is 280 g/mol. The summed E-state index contributed by atoms with van der Waals surface area (Å²) in [6.45, 7) is 0. The first-order valence-corrected chi connectivity index (χ1v) is 7.13. The lowest BCUT2D eigenvalue weighted by Gasteiger charge is -2.25. The van der Waals surface area contributed by atoms with Gasteiger partial charge in [0, 0.05) is 11.8 Å². The number of carboxylic acids is 1. The molecule has 3 rings (SSSR count). The van der Waals surface area contributed by atoms with Crippen LogP contribution in [0, 0.1) is 5.92 Å². The number of hydrogen-bond acceptors (Lipinski definition) is 4. The maximum absolute atomic E-state index is 11.4. The highest BCUT2D eigenvalue weighted by atomic mass is 35.5. The fourth-order valence-electron chi connectivity index (χ4n) is 3.19. The maximum atomic E-state index is 11.4. The number of halogens is 1. The summed E-state index contributed by atoms with van der Waals surface area (Å²) in [6, 6.07) is 3.20. The van der Waals surface area contributed by atoms with Gasteiger partial charge in [0.2, 0.25) is 0 Å². The van der Waals surface area contributed by atoms with E-state index in [1.165, 1.54) is 12.8 Å². The molecule has 6 heteroatoms. The van der Waals surface area contributed by atoms with Crippen LogP contribution in [0.15, 0.2) is 12.1 Å². The fourth-order valence-corrected chi connectivity index (χ4v) is 3.57. The number of rotatable bonds is 3. The maximum Gasteiger partial charge on any atom is 0.337 e. The number of fused-ring (bicyclic) bond motifs is 1. The van der Waals surface area contributed by atoms with E-state index in [1.807, 2.05) is 0 Å². The largest absolute Gasteiger partial charge is 0.494 e. The van der Waals surface area contributed by atoms with Gasteiger partial charge in [0.05, 0.1) is 18.4 Å². The number of hydrogen-bond donors (Lipinski definition) is 2. The van der Waals surface area contributed by atoms with Crippen molar-refractivity contribution in [3.8, 4) is 5.75 Å². The van der Waals surface area contributed by atoms with Crippen molar-refractivity contribution in [3.05, 3.63) is 17.7 Å². The van der Waals surface area contributed by atoms with Gasteiger partial charge in [-0.25, -0.2) is 4.79 Å². The molecule has 20 heavy (non-hydrogen) atoms. The second-order valence-corrected chi connectivity index (χ2v) is 5.65. The molecule has 1 unspecified atom stereocenters. The lowest BCUT2D eigenvalue weighted by Crippen LogP contribution is -2.35. The van der Waals surface area contributed by atoms with Crippen LogP contribution in [-0.2, 0) is 0 Å². The first-order valence-electron chi connectivity index (χ1n) is 6.79. The first kappa shape index (κ1) is 13.4. The molecule has 5 nitrogen and oxygen atoms in total. The summed E-state index contributed by atoms with van der Waals surface area (Å²) in [7, 11) is 1.56. The average molecular weight is 297 g/mol. The predicted molar refractivity (Wildman–Crippen MR) is 77.7 cm³/mol. The molecule has 1 atom stereocenters. The fraction of sp³-hybridized carbons (Fsp3) is 0.500. The van der Waals surface area contributed by atoms with Gasteiger partial charge in [-0.2, -0.15) is 0 Å². The van der Waals surface area contributed by atoms with Crippen molar-refractivity contribution in [1.29, 1.82) is 0 Å². The number of carboxylic acid groups (broad SMARTS) is 1. The molecule has 108 valence electrons. The number of nitrogens with one attached hydrogen (secondary N) is 1. The Bertz CT molecular complexity index is 543. The number of carbonyl (C=O) groups is 1. The van der Waals surface area contributed by atoms with E-state index in [0.29, 0.717) is 23.0 Å². The van der Waals surface area contributed by atoms with Gasteiger partial charge in [0.25, 0.3) is 0 Å². The Morgan fingerprint density at radius 3 is 2.75 bits per heavy atom. The molecule has 1 aliphatic heterocycles. The van der Waals surface area contributed by atoms with Crippen molar-refractivity contribution < 1.29 is 14.6 Å². The van der Waals surface area contributed by atoms with Crippen LogP contribution in [0.4, 0.5) is 11.4 Å². The third-order valence-corrected chi connectivity index (χ3v) is 4.57. The summed E-state index contributed by atoms with van der Waals surface area (Å²) < 4.78 is 6.92. The Morgan fingerprint density at radius 1 is 1.45 bits per heavy atom. The van der Waals surface area contributed by atoms with Crippen molar-refractivity contribution in [2.75, 3.05) is 16.8 Å². The number of ether oxygens (including phenoxy) is 1. The normalized spacial score (nSPS) is 21.7. The molecule has 1 fully saturated rings. The van der Waals surface area contributed by atoms with Gasteiger partial charge in [0.15, 0.2) is 0 Å². The zero-order valence-electron chi connectivity index (χ0n) is 11.2. The highest BCUT2D eigenvalue weighted by molar-refractivity contribution is 6.29. The van der Waals surface area contributed by atoms with Gasteiger partial charge in [0.1, 0.15) is 17.6 Å². The average Bonchev–Trinajstić information content (AvgIpc) is 3.05. The SMILES string of the molecule is COc1ccc(C(=O)O)c2c1N(Cl)C(C1CCCC1)N2. The molecule has 2 N–H and O–H groups in total. The van der Waals surface area contributed by atoms with Gasteiger partial charge >= 0.3 is 5.97 Å². The van der Waals surface area contributed by atoms with Crippen LogP contribution in [0.5, 0.6) is 5.75 Å². The zero-order valence-corrected chi connectivity index (χ0v) is 12.0. The highest BCUT2D eigenvalue weighted by Gasteiger charge is 2.39. The highest BCUT2D eigenvalue weighted by Crippen LogP contribution is 2.48. The van der Waals surface area contributed by atoms with Crippen LogP contribution in [0.1, 0.15) is 36.0 Å². The van der Waals surface area contributed by atoms with Crippen LogP contribution >= 0.6 is 11.8 Å². The van der Waals surface area contributed by atoms with Gasteiger partial charge in [-0.15, -0.1) is 0 Å². The smallest absolute Gasteiger partial charge is 0.337 e. The van der Waals surface area contributed by atoms with Gasteiger partial charge in [-0.1, -0.05) is 12.8 Å². The van der Waals surface area contributed by atoms with E-state index < -0.39 is 5.97 Å². The van der Waals surface area contributed by atoms with Crippen molar-refractivity contribution >= 4 is 29.1 Å². The molecule has 1 aromatic rings. The van der Waals surface area contributed by atoms with E-state index in [9.17, 15) is 9.90 Å². The summed E-state index contributed by atoms with van der Waals surface area (Å²) >= 11 is 6.45. The Morgan fingerprint density at radius 2 is 2.15 bits per heavy atom. The molecule has 0 aromatic heterocycles. The Balaban J connectivity index is 2.03. The van der Waals surface area contributed by atoms with Crippen LogP contribution in [0.2, 0.25) is 0 Å². The summed E-state index contributed by atoms with van der Waals surface area (Å²) in [5, 5.41) is 12.6. The first-order chi connectivity index (χ1) is 9.63. The minimum absolute atomic E-state index is 0.0661. The molecule has 0 spiro atoms. The summed E-state index contributed by atoms with van der Waals surface area (Å²) in [4.78, 5) is 11.4. The van der Waals surface area contributed by atoms with Crippen molar-refractivity contribution in [2.45, 2.75) is 31.8 Å². The van der Waals surface area contributed by atoms with Crippen molar-refractivity contribution in [1.82, 2.24) is 0 Å². The molecule has 2 aliphatic rings. The van der Waals surface area contributed by atoms with E-state index in [-0.39, 0.29) is 11.7 Å². The molecule has 0 saturated heterocycles. The molecule has 0 bridgehead atoms. The summed E-state index contributed by atoms with van der Waals surface area (Å²) in [5.74, 6) is 0.0628. The van der Waals surface area contributed by atoms with Crippen LogP contribution in [-0.4, -0.2) is 24.4 Å². The van der Waals surface area contributed by atoms with E-state index in [4.69, 9.17) is 16.5 Å². The molecule has 0 radical (unpaired) electrons. The van der Waals surface area contributed by atoms with Crippen molar-refractivity contribution in [3.63, 3.8) is 0 Å². The van der Waals surface area contributed by atoms with Crippen LogP contribution < -0.4 is 14.5 Å².